The Morgan fingerprint density at radius 3 is 1.95 bits per heavy atom. The number of benzene rings is 3. The van der Waals surface area contributed by atoms with Crippen LogP contribution in [-0.2, 0) is 20.7 Å². The van der Waals surface area contributed by atoms with Gasteiger partial charge in [0, 0.05) is 17.6 Å². The lowest BCUT2D eigenvalue weighted by Gasteiger charge is -2.44. The van der Waals surface area contributed by atoms with Crippen LogP contribution in [0.5, 0.6) is 0 Å². The van der Waals surface area contributed by atoms with E-state index in [2.05, 4.69) is 10.6 Å². The third-order valence-electron chi connectivity index (χ3n) is 7.05. The van der Waals surface area contributed by atoms with E-state index in [0.29, 0.717) is 17.7 Å². The number of rotatable bonds is 10. The third kappa shape index (κ3) is 8.68. The number of anilines is 1. The topological polar surface area (TPSA) is 87.7 Å². The zero-order valence-corrected chi connectivity index (χ0v) is 25.2. The van der Waals surface area contributed by atoms with Gasteiger partial charge in [-0.2, -0.15) is 0 Å². The number of amides is 3. The van der Waals surface area contributed by atoms with E-state index in [4.69, 9.17) is 4.74 Å². The van der Waals surface area contributed by atoms with Crippen molar-refractivity contribution >= 4 is 23.6 Å². The van der Waals surface area contributed by atoms with E-state index in [-0.39, 0.29) is 18.2 Å². The molecule has 0 aliphatic rings. The van der Waals surface area contributed by atoms with Crippen molar-refractivity contribution in [1.82, 2.24) is 10.2 Å². The highest BCUT2D eigenvalue weighted by Crippen LogP contribution is 2.33. The summed E-state index contributed by atoms with van der Waals surface area (Å²) in [5, 5.41) is 5.87. The van der Waals surface area contributed by atoms with Gasteiger partial charge in [0.1, 0.15) is 17.7 Å². The largest absolute Gasteiger partial charge is 0.444 e. The Labute approximate surface area is 244 Å². The van der Waals surface area contributed by atoms with Gasteiger partial charge in [-0.3, -0.25) is 9.59 Å². The normalized spacial score (nSPS) is 13.0. The van der Waals surface area contributed by atoms with Crippen LogP contribution in [0.4, 0.5) is 10.5 Å². The lowest BCUT2D eigenvalue weighted by molar-refractivity contribution is -0.147. The highest BCUT2D eigenvalue weighted by molar-refractivity contribution is 5.99. The number of carbonyl (C=O) groups is 3. The standard InChI is InChI=1S/C34H43N3O4/c1-8-34(6,7)37(29(26-20-13-10-14-21-26)30(38)35-27-22-16-15-17-24(27)2)31(39)28(23-25-18-11-9-12-19-25)36-32(40)41-33(3,4)5/h9-22,28-29H,8,23H2,1-7H3,(H,35,38)(H,36,40). The van der Waals surface area contributed by atoms with E-state index in [1.54, 1.807) is 25.7 Å². The molecule has 41 heavy (non-hydrogen) atoms. The molecule has 0 aromatic heterocycles. The van der Waals surface area contributed by atoms with Gasteiger partial charge in [-0.1, -0.05) is 85.8 Å². The zero-order valence-electron chi connectivity index (χ0n) is 25.2. The summed E-state index contributed by atoms with van der Waals surface area (Å²) in [4.78, 5) is 43.4. The van der Waals surface area contributed by atoms with Gasteiger partial charge < -0.3 is 20.3 Å². The molecule has 3 rings (SSSR count). The summed E-state index contributed by atoms with van der Waals surface area (Å²) in [5.74, 6) is -0.712. The van der Waals surface area contributed by atoms with Crippen LogP contribution in [0.25, 0.3) is 0 Å². The predicted molar refractivity (Wildman–Crippen MR) is 164 cm³/mol. The number of nitrogens with zero attached hydrogens (tertiary/aromatic N) is 1. The predicted octanol–water partition coefficient (Wildman–Crippen LogP) is 6.83. The molecule has 0 aliphatic carbocycles. The summed E-state index contributed by atoms with van der Waals surface area (Å²) in [5.41, 5.74) is 1.64. The first-order valence-electron chi connectivity index (χ1n) is 14.1. The third-order valence-corrected chi connectivity index (χ3v) is 7.05. The minimum absolute atomic E-state index is 0.232. The first-order chi connectivity index (χ1) is 19.3. The molecule has 0 fully saturated rings. The molecule has 218 valence electrons. The highest BCUT2D eigenvalue weighted by Gasteiger charge is 2.43. The molecule has 0 bridgehead atoms. The maximum absolute atomic E-state index is 14.7. The van der Waals surface area contributed by atoms with Crippen molar-refractivity contribution in [3.05, 3.63) is 102 Å². The van der Waals surface area contributed by atoms with E-state index in [9.17, 15) is 14.4 Å². The number of para-hydroxylation sites is 1. The van der Waals surface area contributed by atoms with Crippen molar-refractivity contribution in [2.75, 3.05) is 5.32 Å². The number of ether oxygens (including phenoxy) is 1. The van der Waals surface area contributed by atoms with Crippen molar-refractivity contribution in [2.24, 2.45) is 0 Å². The molecule has 0 aliphatic heterocycles. The summed E-state index contributed by atoms with van der Waals surface area (Å²) in [7, 11) is 0. The minimum atomic E-state index is -0.976. The van der Waals surface area contributed by atoms with Crippen LogP contribution in [-0.4, -0.2) is 40.0 Å². The summed E-state index contributed by atoms with van der Waals surface area (Å²) < 4.78 is 5.53. The van der Waals surface area contributed by atoms with Crippen molar-refractivity contribution in [2.45, 2.75) is 84.5 Å². The van der Waals surface area contributed by atoms with E-state index >= 15 is 0 Å². The lowest BCUT2D eigenvalue weighted by atomic mass is 9.91. The molecule has 7 nitrogen and oxygen atoms in total. The highest BCUT2D eigenvalue weighted by atomic mass is 16.6. The first-order valence-corrected chi connectivity index (χ1v) is 14.1. The molecule has 0 heterocycles. The fourth-order valence-electron chi connectivity index (χ4n) is 4.58. The Hall–Kier alpha value is -4.13. The van der Waals surface area contributed by atoms with Crippen LogP contribution in [0.2, 0.25) is 0 Å². The van der Waals surface area contributed by atoms with E-state index in [0.717, 1.165) is 11.1 Å². The Morgan fingerprint density at radius 2 is 1.39 bits per heavy atom. The minimum Gasteiger partial charge on any atom is -0.444 e. The van der Waals surface area contributed by atoms with Crippen molar-refractivity contribution < 1.29 is 19.1 Å². The fourth-order valence-corrected chi connectivity index (χ4v) is 4.58. The number of nitrogens with one attached hydrogen (secondary N) is 2. The average molecular weight is 558 g/mol. The number of carbonyl (C=O) groups excluding carboxylic acids is 3. The van der Waals surface area contributed by atoms with Gasteiger partial charge in [-0.25, -0.2) is 4.79 Å². The van der Waals surface area contributed by atoms with Gasteiger partial charge in [0.15, 0.2) is 0 Å². The fraction of sp³-hybridized carbons (Fsp3) is 0.382. The number of hydrogen-bond donors (Lipinski definition) is 2. The summed E-state index contributed by atoms with van der Waals surface area (Å²) in [6.07, 6.45) is 0.113. The molecule has 0 radical (unpaired) electrons. The molecular formula is C34H43N3O4. The van der Waals surface area contributed by atoms with E-state index < -0.39 is 29.3 Å². The molecule has 3 aromatic carbocycles. The maximum atomic E-state index is 14.7. The van der Waals surface area contributed by atoms with Crippen LogP contribution >= 0.6 is 0 Å². The molecule has 2 unspecified atom stereocenters. The van der Waals surface area contributed by atoms with Crippen molar-refractivity contribution in [3.8, 4) is 0 Å². The van der Waals surface area contributed by atoms with Crippen molar-refractivity contribution in [1.29, 1.82) is 0 Å². The second-order valence-corrected chi connectivity index (χ2v) is 11.9. The van der Waals surface area contributed by atoms with Crippen LogP contribution in [0, 0.1) is 6.92 Å². The van der Waals surface area contributed by atoms with Gasteiger partial charge in [0.2, 0.25) is 5.91 Å². The Kier molecular flexibility index (Phi) is 10.3. The zero-order chi connectivity index (χ0) is 30.2. The SMILES string of the molecule is CCC(C)(C)N(C(=O)C(Cc1ccccc1)NC(=O)OC(C)(C)C)C(C(=O)Nc1ccccc1C)c1ccccc1. The molecule has 0 spiro atoms. The van der Waals surface area contributed by atoms with Crippen LogP contribution in [0.1, 0.15) is 70.7 Å². The maximum Gasteiger partial charge on any atom is 0.408 e. The van der Waals surface area contributed by atoms with E-state index in [1.165, 1.54) is 0 Å². The van der Waals surface area contributed by atoms with Crippen molar-refractivity contribution in [3.63, 3.8) is 0 Å². The van der Waals surface area contributed by atoms with Gasteiger partial charge >= 0.3 is 6.09 Å². The van der Waals surface area contributed by atoms with Gasteiger partial charge in [-0.05, 0) is 70.7 Å². The van der Waals surface area contributed by atoms with Gasteiger partial charge in [0.05, 0.1) is 0 Å². The second kappa shape index (κ2) is 13.5. The molecule has 3 aromatic rings. The molecule has 2 N–H and O–H groups in total. The second-order valence-electron chi connectivity index (χ2n) is 11.9. The summed E-state index contributed by atoms with van der Waals surface area (Å²) in [6.45, 7) is 13.1. The monoisotopic (exact) mass is 557 g/mol. The molecule has 2 atom stereocenters. The molecular weight excluding hydrogens is 514 g/mol. The number of aryl methyl sites for hydroxylation is 1. The average Bonchev–Trinajstić information content (AvgIpc) is 2.92. The molecule has 0 saturated carbocycles. The Bertz CT molecular complexity index is 1320. The van der Waals surface area contributed by atoms with Crippen LogP contribution < -0.4 is 10.6 Å². The molecule has 7 heteroatoms. The van der Waals surface area contributed by atoms with E-state index in [1.807, 2.05) is 113 Å². The summed E-state index contributed by atoms with van der Waals surface area (Å²) in [6, 6.07) is 24.4. The van der Waals surface area contributed by atoms with Gasteiger partial charge in [0.25, 0.3) is 5.91 Å². The van der Waals surface area contributed by atoms with Gasteiger partial charge in [-0.15, -0.1) is 0 Å². The lowest BCUT2D eigenvalue weighted by Crippen LogP contribution is -2.59. The molecule has 3 amide bonds. The Morgan fingerprint density at radius 1 is 0.829 bits per heavy atom. The number of alkyl carbamates (subject to hydrolysis) is 1. The quantitative estimate of drug-likeness (QED) is 0.286. The number of hydrogen-bond acceptors (Lipinski definition) is 4. The smallest absolute Gasteiger partial charge is 0.408 e. The Balaban J connectivity index is 2.11. The first kappa shape index (κ1) is 31.4. The summed E-state index contributed by atoms with van der Waals surface area (Å²) >= 11 is 0. The van der Waals surface area contributed by atoms with Crippen LogP contribution in [0.15, 0.2) is 84.9 Å². The molecule has 0 saturated heterocycles. The van der Waals surface area contributed by atoms with Crippen LogP contribution in [0.3, 0.4) is 0 Å².